The third kappa shape index (κ3) is 9.65. The second kappa shape index (κ2) is 14.3. The highest BCUT2D eigenvalue weighted by atomic mass is 16.5. The van der Waals surface area contributed by atoms with Crippen LogP contribution in [0.2, 0.25) is 0 Å². The summed E-state index contributed by atoms with van der Waals surface area (Å²) in [6.07, 6.45) is 4.35. The van der Waals surface area contributed by atoms with Gasteiger partial charge in [-0.1, -0.05) is 24.3 Å². The zero-order chi connectivity index (χ0) is 26.5. The number of hydrogen-bond acceptors (Lipinski definition) is 7. The van der Waals surface area contributed by atoms with Gasteiger partial charge in [0.2, 0.25) is 17.7 Å². The molecule has 0 unspecified atom stereocenters. The van der Waals surface area contributed by atoms with Crippen molar-refractivity contribution in [3.8, 4) is 5.75 Å². The number of rotatable bonds is 6. The van der Waals surface area contributed by atoms with Crippen molar-refractivity contribution < 1.29 is 28.7 Å². The fourth-order valence-corrected chi connectivity index (χ4v) is 3.53. The number of carbonyl (C=O) groups excluding carboxylic acids is 4. The van der Waals surface area contributed by atoms with Crippen molar-refractivity contribution in [2.24, 2.45) is 16.5 Å². The topological polar surface area (TPSA) is 187 Å². The van der Waals surface area contributed by atoms with Crippen LogP contribution in [0, 0.1) is 0 Å². The van der Waals surface area contributed by atoms with Gasteiger partial charge in [-0.25, -0.2) is 4.79 Å². The summed E-state index contributed by atoms with van der Waals surface area (Å²) in [6.45, 7) is 1.80. The third-order valence-electron chi connectivity index (χ3n) is 5.32. The first-order valence-corrected chi connectivity index (χ1v) is 11.6. The highest BCUT2D eigenvalue weighted by molar-refractivity contribution is 5.93. The van der Waals surface area contributed by atoms with E-state index in [1.165, 1.54) is 14.0 Å². The second-order valence-corrected chi connectivity index (χ2v) is 8.21. The number of guanidine groups is 1. The summed E-state index contributed by atoms with van der Waals surface area (Å²) in [6, 6.07) is 4.20. The molecule has 0 fully saturated rings. The molecule has 2 aliphatic heterocycles. The first-order chi connectivity index (χ1) is 17.2. The van der Waals surface area contributed by atoms with Crippen molar-refractivity contribution >= 4 is 29.7 Å². The number of fused-ring (bicyclic) bond motifs is 13. The minimum absolute atomic E-state index is 0.0874. The molecular weight excluding hydrogens is 468 g/mol. The fraction of sp³-hybridized carbons (Fsp3) is 0.458. The molecule has 12 nitrogen and oxygen atoms in total. The first kappa shape index (κ1) is 28.1. The smallest absolute Gasteiger partial charge is 0.328 e. The maximum Gasteiger partial charge on any atom is 0.328 e. The van der Waals surface area contributed by atoms with Gasteiger partial charge in [0.15, 0.2) is 5.96 Å². The molecule has 2 aliphatic rings. The Morgan fingerprint density at radius 3 is 2.50 bits per heavy atom. The van der Waals surface area contributed by atoms with Crippen LogP contribution in [0.15, 0.2) is 41.4 Å². The molecule has 7 N–H and O–H groups in total. The molecule has 0 aromatic heterocycles. The first-order valence-electron chi connectivity index (χ1n) is 11.6. The number of benzene rings is 1. The van der Waals surface area contributed by atoms with Crippen LogP contribution < -0.4 is 32.2 Å². The molecule has 3 rings (SSSR count). The van der Waals surface area contributed by atoms with Gasteiger partial charge in [-0.15, -0.1) is 0 Å². The number of nitrogens with two attached hydrogens (primary N) is 2. The van der Waals surface area contributed by atoms with E-state index in [1.54, 1.807) is 36.4 Å². The van der Waals surface area contributed by atoms with Gasteiger partial charge in [0, 0.05) is 19.9 Å². The van der Waals surface area contributed by atoms with E-state index in [0.29, 0.717) is 12.2 Å². The maximum absolute atomic E-state index is 13.2. The number of hydrogen-bond donors (Lipinski definition) is 5. The molecule has 0 saturated heterocycles. The normalized spacial score (nSPS) is 21.7. The average molecular weight is 503 g/mol. The van der Waals surface area contributed by atoms with Crippen LogP contribution in [0.25, 0.3) is 0 Å². The molecule has 0 aliphatic carbocycles. The predicted octanol–water partition coefficient (Wildman–Crippen LogP) is -0.731. The molecule has 3 atom stereocenters. The lowest BCUT2D eigenvalue weighted by Gasteiger charge is -2.24. The molecule has 2 heterocycles. The summed E-state index contributed by atoms with van der Waals surface area (Å²) in [7, 11) is 1.22. The van der Waals surface area contributed by atoms with Gasteiger partial charge < -0.3 is 36.9 Å². The van der Waals surface area contributed by atoms with E-state index in [-0.39, 0.29) is 38.4 Å². The zero-order valence-corrected chi connectivity index (χ0v) is 20.5. The monoisotopic (exact) mass is 502 g/mol. The largest absolute Gasteiger partial charge is 0.490 e. The van der Waals surface area contributed by atoms with Gasteiger partial charge in [-0.3, -0.25) is 19.4 Å². The maximum atomic E-state index is 13.2. The van der Waals surface area contributed by atoms with Crippen LogP contribution >= 0.6 is 0 Å². The minimum Gasteiger partial charge on any atom is -0.490 e. The molecule has 3 amide bonds. The summed E-state index contributed by atoms with van der Waals surface area (Å²) < 4.78 is 10.5. The average Bonchev–Trinajstić information content (AvgIpc) is 2.84. The van der Waals surface area contributed by atoms with E-state index in [4.69, 9.17) is 20.9 Å². The van der Waals surface area contributed by atoms with Crippen LogP contribution in [0.1, 0.15) is 31.7 Å². The quantitative estimate of drug-likeness (QED) is 0.111. The molecule has 0 radical (unpaired) electrons. The molecule has 196 valence electrons. The van der Waals surface area contributed by atoms with Crippen LogP contribution in [0.5, 0.6) is 5.75 Å². The molecule has 1 aromatic carbocycles. The van der Waals surface area contributed by atoms with Crippen molar-refractivity contribution in [1.29, 1.82) is 0 Å². The molecular formula is C24H34N6O6. The van der Waals surface area contributed by atoms with Gasteiger partial charge in [0.1, 0.15) is 30.5 Å². The van der Waals surface area contributed by atoms with Gasteiger partial charge >= 0.3 is 5.97 Å². The van der Waals surface area contributed by atoms with E-state index in [2.05, 4.69) is 20.9 Å². The summed E-state index contributed by atoms with van der Waals surface area (Å²) >= 11 is 0. The van der Waals surface area contributed by atoms with Gasteiger partial charge in [-0.05, 0) is 37.0 Å². The van der Waals surface area contributed by atoms with E-state index in [9.17, 15) is 19.2 Å². The van der Waals surface area contributed by atoms with Gasteiger partial charge in [0.25, 0.3) is 0 Å². The predicted molar refractivity (Wildman–Crippen MR) is 133 cm³/mol. The summed E-state index contributed by atoms with van der Waals surface area (Å²) in [5, 5.41) is 7.97. The van der Waals surface area contributed by atoms with E-state index in [1.807, 2.05) is 0 Å². The number of aliphatic imine (C=N–C) groups is 1. The Bertz CT molecular complexity index is 974. The Morgan fingerprint density at radius 1 is 1.14 bits per heavy atom. The molecule has 1 aromatic rings. The van der Waals surface area contributed by atoms with Crippen molar-refractivity contribution in [2.45, 2.75) is 50.7 Å². The number of nitrogens with one attached hydrogen (secondary N) is 3. The number of ether oxygens (including phenoxy) is 2. The summed E-state index contributed by atoms with van der Waals surface area (Å²) in [5.41, 5.74) is 11.5. The lowest BCUT2D eigenvalue weighted by molar-refractivity contribution is -0.145. The standard InChI is InChI=1S/C24H34N6O6/c1-15(31)28-20-14-16-8-10-17(11-9-16)36-13-4-3-6-19(23(34)35-2)30-21(32)18(29-22(20)33)7-5-12-27-24(25)26/h3-4,8-11,18-20H,5-7,12-14H2,1-2H3,(H,28,31)(H,29,33)(H,30,32)(H4,25,26,27)/b4-3-/t18-,19+,20-/m0/s1. The van der Waals surface area contributed by atoms with E-state index < -0.39 is 41.8 Å². The molecule has 36 heavy (non-hydrogen) atoms. The fourth-order valence-electron chi connectivity index (χ4n) is 3.53. The Morgan fingerprint density at radius 2 is 1.86 bits per heavy atom. The van der Waals surface area contributed by atoms with Crippen LogP contribution in [-0.2, 0) is 30.3 Å². The Kier molecular flexibility index (Phi) is 11.2. The highest BCUT2D eigenvalue weighted by Crippen LogP contribution is 2.14. The Hall–Kier alpha value is -4.09. The van der Waals surface area contributed by atoms with E-state index >= 15 is 0 Å². The zero-order valence-electron chi connectivity index (χ0n) is 20.5. The number of amides is 3. The summed E-state index contributed by atoms with van der Waals surface area (Å²) in [4.78, 5) is 54.3. The molecule has 0 spiro atoms. The lowest BCUT2D eigenvalue weighted by Crippen LogP contribution is -2.56. The number of methoxy groups -OCH3 is 1. The summed E-state index contributed by atoms with van der Waals surface area (Å²) in [5.74, 6) is -1.63. The van der Waals surface area contributed by atoms with Crippen molar-refractivity contribution in [3.05, 3.63) is 42.0 Å². The number of carbonyl (C=O) groups is 4. The van der Waals surface area contributed by atoms with Crippen LogP contribution in [0.3, 0.4) is 0 Å². The molecule has 0 saturated carbocycles. The van der Waals surface area contributed by atoms with Crippen molar-refractivity contribution in [2.75, 3.05) is 20.3 Å². The van der Waals surface area contributed by atoms with E-state index in [0.717, 1.165) is 5.56 Å². The van der Waals surface area contributed by atoms with Crippen molar-refractivity contribution in [1.82, 2.24) is 16.0 Å². The minimum atomic E-state index is -1.01. The lowest BCUT2D eigenvalue weighted by atomic mass is 10.0. The van der Waals surface area contributed by atoms with Crippen LogP contribution in [-0.4, -0.2) is 68.0 Å². The molecule has 12 heteroatoms. The van der Waals surface area contributed by atoms with Crippen LogP contribution in [0.4, 0.5) is 0 Å². The number of nitrogens with zero attached hydrogens (tertiary/aromatic N) is 1. The highest BCUT2D eigenvalue weighted by Gasteiger charge is 2.29. The van der Waals surface area contributed by atoms with Crippen molar-refractivity contribution in [3.63, 3.8) is 0 Å². The SMILES string of the molecule is COC(=O)[C@H]1C/C=C\COc2ccc(cc2)C[C@H](NC(C)=O)C(=O)N[C@@H](CCCN=C(N)N)C(=O)N1. The Labute approximate surface area is 209 Å². The number of esters is 1. The molecule has 2 bridgehead atoms. The second-order valence-electron chi connectivity index (χ2n) is 8.21. The third-order valence-corrected chi connectivity index (χ3v) is 5.32. The Balaban J connectivity index is 2.34. The van der Waals surface area contributed by atoms with Gasteiger partial charge in [0.05, 0.1) is 7.11 Å². The van der Waals surface area contributed by atoms with Gasteiger partial charge in [-0.2, -0.15) is 0 Å².